The second-order valence-electron chi connectivity index (χ2n) is 6.24. The molecule has 2 aliphatic heterocycles. The van der Waals surface area contributed by atoms with Gasteiger partial charge in [0.15, 0.2) is 0 Å². The van der Waals surface area contributed by atoms with Crippen LogP contribution in [0.2, 0.25) is 0 Å². The van der Waals surface area contributed by atoms with Gasteiger partial charge in [0.2, 0.25) is 0 Å². The highest BCUT2D eigenvalue weighted by Crippen LogP contribution is 2.37. The monoisotopic (exact) mass is 322 g/mol. The molecule has 3 rings (SSSR count). The molecule has 5 heteroatoms. The maximum atomic E-state index is 9.82. The number of hydrogen-bond acceptors (Lipinski definition) is 5. The molecule has 1 aromatic rings. The molecule has 1 aromatic carbocycles. The summed E-state index contributed by atoms with van der Waals surface area (Å²) in [5.41, 5.74) is 0.893. The van der Waals surface area contributed by atoms with Gasteiger partial charge in [0.25, 0.3) is 0 Å². The van der Waals surface area contributed by atoms with Gasteiger partial charge in [-0.1, -0.05) is 18.2 Å². The van der Waals surface area contributed by atoms with Crippen LogP contribution >= 0.6 is 0 Å². The Balaban J connectivity index is 1.65. The predicted octanol–water partition coefficient (Wildman–Crippen LogP) is 2.47. The van der Waals surface area contributed by atoms with Crippen molar-refractivity contribution in [2.24, 2.45) is 0 Å². The fraction of sp³-hybridized carbons (Fsp3) is 0.667. The Morgan fingerprint density at radius 2 is 1.91 bits per heavy atom. The van der Waals surface area contributed by atoms with Crippen LogP contribution in [0.4, 0.5) is 0 Å². The molecule has 2 bridgehead atoms. The maximum Gasteiger partial charge on any atom is 0.125 e. The molecule has 1 N–H and O–H groups in total. The molecule has 2 fully saturated rings. The summed E-state index contributed by atoms with van der Waals surface area (Å²) in [7, 11) is 1.65. The average molecular weight is 322 g/mol. The van der Waals surface area contributed by atoms with Crippen LogP contribution in [0.3, 0.4) is 0 Å². The molecule has 0 unspecified atom stereocenters. The number of aliphatic hydroxyl groups is 1. The molecule has 0 saturated carbocycles. The summed E-state index contributed by atoms with van der Waals surface area (Å²) in [6.45, 7) is 0.951. The highest BCUT2D eigenvalue weighted by molar-refractivity contribution is 5.35. The molecule has 5 nitrogen and oxygen atoms in total. The van der Waals surface area contributed by atoms with E-state index in [0.29, 0.717) is 25.4 Å². The quantitative estimate of drug-likeness (QED) is 0.745. The van der Waals surface area contributed by atoms with Crippen molar-refractivity contribution in [2.45, 2.75) is 50.1 Å². The summed E-state index contributed by atoms with van der Waals surface area (Å²) in [6, 6.07) is 7.73. The van der Waals surface area contributed by atoms with Crippen molar-refractivity contribution < 1.29 is 24.1 Å². The summed E-state index contributed by atoms with van der Waals surface area (Å²) >= 11 is 0. The van der Waals surface area contributed by atoms with Crippen LogP contribution in [-0.2, 0) is 14.2 Å². The lowest BCUT2D eigenvalue weighted by Gasteiger charge is -2.31. The van der Waals surface area contributed by atoms with Crippen molar-refractivity contribution in [1.29, 1.82) is 0 Å². The Labute approximate surface area is 137 Å². The van der Waals surface area contributed by atoms with E-state index in [0.717, 1.165) is 37.0 Å². The van der Waals surface area contributed by atoms with E-state index in [2.05, 4.69) is 0 Å². The molecular weight excluding hydrogens is 296 g/mol. The summed E-state index contributed by atoms with van der Waals surface area (Å²) in [5, 5.41) is 9.82. The SMILES string of the molecule is COCCOc1ccccc1[C@H](CO)O[C@@H]1C[C@H]2CC[C@@H](C1)O2. The van der Waals surface area contributed by atoms with Crippen molar-refractivity contribution in [3.8, 4) is 5.75 Å². The van der Waals surface area contributed by atoms with Gasteiger partial charge in [-0.25, -0.2) is 0 Å². The zero-order valence-electron chi connectivity index (χ0n) is 13.6. The van der Waals surface area contributed by atoms with Crippen LogP contribution in [-0.4, -0.2) is 50.3 Å². The summed E-state index contributed by atoms with van der Waals surface area (Å²) in [6.07, 6.45) is 4.52. The third-order valence-electron chi connectivity index (χ3n) is 4.58. The minimum absolute atomic E-state index is 0.0582. The third-order valence-corrected chi connectivity index (χ3v) is 4.58. The van der Waals surface area contributed by atoms with E-state index in [-0.39, 0.29) is 18.8 Å². The molecule has 0 aliphatic carbocycles. The zero-order valence-corrected chi connectivity index (χ0v) is 13.6. The topological polar surface area (TPSA) is 57.2 Å². The summed E-state index contributed by atoms with van der Waals surface area (Å²) in [5.74, 6) is 0.749. The van der Waals surface area contributed by atoms with Gasteiger partial charge in [-0.05, 0) is 31.7 Å². The highest BCUT2D eigenvalue weighted by Gasteiger charge is 2.36. The molecule has 2 aliphatic rings. The lowest BCUT2D eigenvalue weighted by atomic mass is 10.0. The lowest BCUT2D eigenvalue weighted by Crippen LogP contribution is -2.32. The first-order valence-electron chi connectivity index (χ1n) is 8.42. The van der Waals surface area contributed by atoms with Gasteiger partial charge in [0, 0.05) is 12.7 Å². The van der Waals surface area contributed by atoms with Gasteiger partial charge in [0.05, 0.1) is 31.5 Å². The molecule has 0 radical (unpaired) electrons. The van der Waals surface area contributed by atoms with Crippen molar-refractivity contribution in [1.82, 2.24) is 0 Å². The number of benzene rings is 1. The predicted molar refractivity (Wildman–Crippen MR) is 85.6 cm³/mol. The molecule has 0 amide bonds. The van der Waals surface area contributed by atoms with Crippen LogP contribution in [0.25, 0.3) is 0 Å². The summed E-state index contributed by atoms with van der Waals surface area (Å²) < 4.78 is 22.9. The third kappa shape index (κ3) is 4.23. The molecule has 128 valence electrons. The fourth-order valence-corrected chi connectivity index (χ4v) is 3.48. The first-order chi connectivity index (χ1) is 11.3. The largest absolute Gasteiger partial charge is 0.491 e. The van der Waals surface area contributed by atoms with Crippen molar-refractivity contribution >= 4 is 0 Å². The standard InChI is InChI=1S/C18H26O5/c1-20-8-9-21-17-5-3-2-4-16(17)18(12-19)23-15-10-13-6-7-14(11-15)22-13/h2-5,13-15,18-19H,6-12H2,1H3/t13-,14+,15-,18-/m0/s1. The molecule has 2 heterocycles. The number of para-hydroxylation sites is 1. The second-order valence-corrected chi connectivity index (χ2v) is 6.24. The molecule has 4 atom stereocenters. The molecule has 23 heavy (non-hydrogen) atoms. The van der Waals surface area contributed by atoms with E-state index in [9.17, 15) is 5.11 Å². The van der Waals surface area contributed by atoms with Gasteiger partial charge in [-0.15, -0.1) is 0 Å². The lowest BCUT2D eigenvalue weighted by molar-refractivity contribution is -0.115. The van der Waals surface area contributed by atoms with Gasteiger partial charge in [-0.2, -0.15) is 0 Å². The van der Waals surface area contributed by atoms with Crippen LogP contribution in [0.15, 0.2) is 24.3 Å². The minimum Gasteiger partial charge on any atom is -0.491 e. The van der Waals surface area contributed by atoms with E-state index in [1.165, 1.54) is 0 Å². The Morgan fingerprint density at radius 3 is 2.61 bits per heavy atom. The van der Waals surface area contributed by atoms with Crippen LogP contribution in [0.1, 0.15) is 37.4 Å². The second kappa shape index (κ2) is 8.11. The van der Waals surface area contributed by atoms with Crippen LogP contribution in [0.5, 0.6) is 5.75 Å². The fourth-order valence-electron chi connectivity index (χ4n) is 3.48. The minimum atomic E-state index is -0.365. The van der Waals surface area contributed by atoms with Gasteiger partial charge in [-0.3, -0.25) is 0 Å². The molecule has 0 spiro atoms. The molecule has 0 aromatic heterocycles. The smallest absolute Gasteiger partial charge is 0.125 e. The van der Waals surface area contributed by atoms with Crippen molar-refractivity contribution in [2.75, 3.05) is 26.9 Å². The molecule has 2 saturated heterocycles. The number of aliphatic hydroxyl groups excluding tert-OH is 1. The number of fused-ring (bicyclic) bond motifs is 2. The first-order valence-corrected chi connectivity index (χ1v) is 8.42. The van der Waals surface area contributed by atoms with E-state index < -0.39 is 0 Å². The molecular formula is C18H26O5. The first kappa shape index (κ1) is 16.7. The summed E-state index contributed by atoms with van der Waals surface area (Å²) in [4.78, 5) is 0. The van der Waals surface area contributed by atoms with Crippen LogP contribution < -0.4 is 4.74 Å². The van der Waals surface area contributed by atoms with Gasteiger partial charge in [0.1, 0.15) is 18.5 Å². The van der Waals surface area contributed by atoms with E-state index in [1.807, 2.05) is 24.3 Å². The average Bonchev–Trinajstić information content (AvgIpc) is 2.92. The Morgan fingerprint density at radius 1 is 1.17 bits per heavy atom. The Hall–Kier alpha value is -1.14. The number of hydrogen-bond donors (Lipinski definition) is 1. The van der Waals surface area contributed by atoms with E-state index >= 15 is 0 Å². The van der Waals surface area contributed by atoms with E-state index in [4.69, 9.17) is 18.9 Å². The van der Waals surface area contributed by atoms with Crippen molar-refractivity contribution in [3.05, 3.63) is 29.8 Å². The normalized spacial score (nSPS) is 27.8. The Kier molecular flexibility index (Phi) is 5.89. The number of ether oxygens (including phenoxy) is 4. The Bertz CT molecular complexity index is 480. The van der Waals surface area contributed by atoms with Gasteiger partial charge < -0.3 is 24.1 Å². The number of methoxy groups -OCH3 is 1. The number of rotatable bonds is 8. The van der Waals surface area contributed by atoms with Crippen LogP contribution in [0, 0.1) is 0 Å². The van der Waals surface area contributed by atoms with Crippen molar-refractivity contribution in [3.63, 3.8) is 0 Å². The highest BCUT2D eigenvalue weighted by atomic mass is 16.5. The van der Waals surface area contributed by atoms with Gasteiger partial charge >= 0.3 is 0 Å². The van der Waals surface area contributed by atoms with E-state index in [1.54, 1.807) is 7.11 Å². The zero-order chi connectivity index (χ0) is 16.1. The maximum absolute atomic E-state index is 9.82.